The first-order chi connectivity index (χ1) is 13.5. The van der Waals surface area contributed by atoms with E-state index in [4.69, 9.17) is 23.2 Å². The molecule has 6 heteroatoms. The molecule has 29 heavy (non-hydrogen) atoms. The standard InChI is InChI=1S/C23H28Cl2N2O2/c1-15-7-6-8-18(11-15)14-27(16(2)22(29)26-23(3,4)5)21(28)13-17-9-10-19(24)20(25)12-17/h6-12,16H,13-14H2,1-5H3,(H,26,29). The second-order valence-corrected chi connectivity index (χ2v) is 9.17. The highest BCUT2D eigenvalue weighted by atomic mass is 35.5. The van der Waals surface area contributed by atoms with E-state index in [2.05, 4.69) is 5.32 Å². The number of benzene rings is 2. The molecule has 2 rings (SSSR count). The van der Waals surface area contributed by atoms with E-state index in [0.717, 1.165) is 16.7 Å². The highest BCUT2D eigenvalue weighted by Gasteiger charge is 2.28. The van der Waals surface area contributed by atoms with Crippen LogP contribution < -0.4 is 5.32 Å². The molecule has 0 aliphatic rings. The zero-order valence-electron chi connectivity index (χ0n) is 17.6. The van der Waals surface area contributed by atoms with Crippen LogP contribution in [0.1, 0.15) is 44.4 Å². The Kier molecular flexibility index (Phi) is 7.73. The molecule has 2 amide bonds. The highest BCUT2D eigenvalue weighted by molar-refractivity contribution is 6.42. The summed E-state index contributed by atoms with van der Waals surface area (Å²) in [6, 6.07) is 12.4. The predicted molar refractivity (Wildman–Crippen MR) is 119 cm³/mol. The molecule has 156 valence electrons. The lowest BCUT2D eigenvalue weighted by Gasteiger charge is -2.31. The fourth-order valence-electron chi connectivity index (χ4n) is 2.99. The molecular weight excluding hydrogens is 407 g/mol. The summed E-state index contributed by atoms with van der Waals surface area (Å²) >= 11 is 12.1. The molecular formula is C23H28Cl2N2O2. The third-order valence-electron chi connectivity index (χ3n) is 4.44. The van der Waals surface area contributed by atoms with Crippen LogP contribution in [0.5, 0.6) is 0 Å². The summed E-state index contributed by atoms with van der Waals surface area (Å²) in [4.78, 5) is 27.6. The van der Waals surface area contributed by atoms with Crippen molar-refractivity contribution in [3.05, 3.63) is 69.2 Å². The number of aryl methyl sites for hydroxylation is 1. The van der Waals surface area contributed by atoms with Crippen molar-refractivity contribution in [2.24, 2.45) is 0 Å². The highest BCUT2D eigenvalue weighted by Crippen LogP contribution is 2.23. The van der Waals surface area contributed by atoms with E-state index in [1.807, 2.05) is 52.0 Å². The van der Waals surface area contributed by atoms with Crippen molar-refractivity contribution in [1.82, 2.24) is 10.2 Å². The Hall–Kier alpha value is -2.04. The topological polar surface area (TPSA) is 49.4 Å². The van der Waals surface area contributed by atoms with Crippen LogP contribution in [0.3, 0.4) is 0 Å². The number of nitrogens with zero attached hydrogens (tertiary/aromatic N) is 1. The summed E-state index contributed by atoms with van der Waals surface area (Å²) in [7, 11) is 0. The van der Waals surface area contributed by atoms with E-state index >= 15 is 0 Å². The van der Waals surface area contributed by atoms with Gasteiger partial charge in [0.15, 0.2) is 0 Å². The third kappa shape index (κ3) is 7.06. The van der Waals surface area contributed by atoms with Gasteiger partial charge in [-0.25, -0.2) is 0 Å². The van der Waals surface area contributed by atoms with Crippen molar-refractivity contribution in [3.63, 3.8) is 0 Å². The predicted octanol–water partition coefficient (Wildman–Crippen LogP) is 5.18. The molecule has 0 saturated carbocycles. The van der Waals surface area contributed by atoms with Gasteiger partial charge in [0.2, 0.25) is 11.8 Å². The molecule has 0 spiro atoms. The van der Waals surface area contributed by atoms with Gasteiger partial charge in [-0.2, -0.15) is 0 Å². The van der Waals surface area contributed by atoms with Crippen molar-refractivity contribution in [3.8, 4) is 0 Å². The van der Waals surface area contributed by atoms with Crippen molar-refractivity contribution in [2.75, 3.05) is 0 Å². The number of hydrogen-bond donors (Lipinski definition) is 1. The molecule has 1 unspecified atom stereocenters. The second-order valence-electron chi connectivity index (χ2n) is 8.35. The van der Waals surface area contributed by atoms with Crippen LogP contribution in [0.25, 0.3) is 0 Å². The Bertz CT molecular complexity index is 891. The molecule has 1 atom stereocenters. The van der Waals surface area contributed by atoms with Crippen LogP contribution in [0.2, 0.25) is 10.0 Å². The molecule has 0 saturated heterocycles. The molecule has 0 heterocycles. The number of hydrogen-bond acceptors (Lipinski definition) is 2. The SMILES string of the molecule is Cc1cccc(CN(C(=O)Cc2ccc(Cl)c(Cl)c2)C(C)C(=O)NC(C)(C)C)c1. The van der Waals surface area contributed by atoms with Gasteiger partial charge in [0.05, 0.1) is 16.5 Å². The first-order valence-corrected chi connectivity index (χ1v) is 10.3. The van der Waals surface area contributed by atoms with Crippen molar-refractivity contribution < 1.29 is 9.59 Å². The first-order valence-electron chi connectivity index (χ1n) is 9.57. The summed E-state index contributed by atoms with van der Waals surface area (Å²) in [6.45, 7) is 9.85. The van der Waals surface area contributed by atoms with E-state index in [9.17, 15) is 9.59 Å². The lowest BCUT2D eigenvalue weighted by molar-refractivity contribution is -0.140. The van der Waals surface area contributed by atoms with Crippen molar-refractivity contribution in [2.45, 2.75) is 59.2 Å². The largest absolute Gasteiger partial charge is 0.350 e. The van der Waals surface area contributed by atoms with E-state index in [1.54, 1.807) is 30.0 Å². The van der Waals surface area contributed by atoms with Gasteiger partial charge < -0.3 is 10.2 Å². The maximum absolute atomic E-state index is 13.2. The second kappa shape index (κ2) is 9.64. The molecule has 0 radical (unpaired) electrons. The molecule has 2 aromatic carbocycles. The third-order valence-corrected chi connectivity index (χ3v) is 5.18. The van der Waals surface area contributed by atoms with Crippen molar-refractivity contribution >= 4 is 35.0 Å². The number of nitrogens with one attached hydrogen (secondary N) is 1. The molecule has 4 nitrogen and oxygen atoms in total. The zero-order chi connectivity index (χ0) is 21.8. The molecule has 0 bridgehead atoms. The Morgan fingerprint density at radius 2 is 1.72 bits per heavy atom. The van der Waals surface area contributed by atoms with E-state index in [0.29, 0.717) is 16.6 Å². The van der Waals surface area contributed by atoms with Crippen LogP contribution in [-0.2, 0) is 22.6 Å². The Balaban J connectivity index is 2.27. The van der Waals surface area contributed by atoms with Crippen LogP contribution >= 0.6 is 23.2 Å². The minimum Gasteiger partial charge on any atom is -0.350 e. The monoisotopic (exact) mass is 434 g/mol. The maximum atomic E-state index is 13.2. The summed E-state index contributed by atoms with van der Waals surface area (Å²) in [5.74, 6) is -0.339. The van der Waals surface area contributed by atoms with Gasteiger partial charge in [0.1, 0.15) is 6.04 Å². The van der Waals surface area contributed by atoms with Gasteiger partial charge in [-0.05, 0) is 57.9 Å². The molecule has 0 aliphatic heterocycles. The molecule has 0 aromatic heterocycles. The summed E-state index contributed by atoms with van der Waals surface area (Å²) in [5.41, 5.74) is 2.45. The van der Waals surface area contributed by atoms with E-state index in [-0.39, 0.29) is 23.8 Å². The first kappa shape index (κ1) is 23.2. The summed E-state index contributed by atoms with van der Waals surface area (Å²) in [5, 5.41) is 3.81. The fourth-order valence-corrected chi connectivity index (χ4v) is 3.31. The van der Waals surface area contributed by atoms with Crippen LogP contribution in [0.15, 0.2) is 42.5 Å². The lowest BCUT2D eigenvalue weighted by atomic mass is 10.1. The van der Waals surface area contributed by atoms with E-state index in [1.165, 1.54) is 0 Å². The maximum Gasteiger partial charge on any atom is 0.242 e. The normalized spacial score (nSPS) is 12.4. The van der Waals surface area contributed by atoms with Gasteiger partial charge in [0.25, 0.3) is 0 Å². The van der Waals surface area contributed by atoms with Gasteiger partial charge in [-0.15, -0.1) is 0 Å². The van der Waals surface area contributed by atoms with Crippen LogP contribution in [0, 0.1) is 6.92 Å². The number of rotatable bonds is 6. The number of carbonyl (C=O) groups is 2. The minimum atomic E-state index is -0.620. The smallest absolute Gasteiger partial charge is 0.242 e. The Morgan fingerprint density at radius 3 is 2.31 bits per heavy atom. The number of halogens is 2. The fraction of sp³-hybridized carbons (Fsp3) is 0.391. The Labute approximate surface area is 183 Å². The van der Waals surface area contributed by atoms with Crippen LogP contribution in [0.4, 0.5) is 0 Å². The lowest BCUT2D eigenvalue weighted by Crippen LogP contribution is -2.52. The minimum absolute atomic E-state index is 0.135. The number of amides is 2. The molecule has 0 fully saturated rings. The molecule has 1 N–H and O–H groups in total. The van der Waals surface area contributed by atoms with E-state index < -0.39 is 6.04 Å². The van der Waals surface area contributed by atoms with Gasteiger partial charge in [0, 0.05) is 12.1 Å². The average Bonchev–Trinajstić information content (AvgIpc) is 2.60. The average molecular weight is 435 g/mol. The number of carbonyl (C=O) groups excluding carboxylic acids is 2. The quantitative estimate of drug-likeness (QED) is 0.680. The van der Waals surface area contributed by atoms with Crippen molar-refractivity contribution in [1.29, 1.82) is 0 Å². The summed E-state index contributed by atoms with van der Waals surface area (Å²) in [6.07, 6.45) is 0.135. The summed E-state index contributed by atoms with van der Waals surface area (Å²) < 4.78 is 0. The Morgan fingerprint density at radius 1 is 1.03 bits per heavy atom. The van der Waals surface area contributed by atoms with Gasteiger partial charge in [-0.1, -0.05) is 59.1 Å². The zero-order valence-corrected chi connectivity index (χ0v) is 19.1. The molecule has 0 aliphatic carbocycles. The van der Waals surface area contributed by atoms with Crippen LogP contribution in [-0.4, -0.2) is 28.3 Å². The van der Waals surface area contributed by atoms with Gasteiger partial charge >= 0.3 is 0 Å². The van der Waals surface area contributed by atoms with Gasteiger partial charge in [-0.3, -0.25) is 9.59 Å². The molecule has 2 aromatic rings.